The molecule has 0 aliphatic carbocycles. The molecule has 0 atom stereocenters. The first-order valence-electron chi connectivity index (χ1n) is 5.23. The van der Waals surface area contributed by atoms with Crippen molar-refractivity contribution in [2.45, 2.75) is 0 Å². The Morgan fingerprint density at radius 2 is 2.11 bits per heavy atom. The van der Waals surface area contributed by atoms with Crippen LogP contribution in [0.15, 0.2) is 23.8 Å². The van der Waals surface area contributed by atoms with Gasteiger partial charge in [0, 0.05) is 7.05 Å². The fourth-order valence-corrected chi connectivity index (χ4v) is 1.89. The summed E-state index contributed by atoms with van der Waals surface area (Å²) in [6.07, 6.45) is 1.39. The third-order valence-corrected chi connectivity index (χ3v) is 3.27. The minimum Gasteiger partial charge on any atom is -0.506 e. The second-order valence-electron chi connectivity index (χ2n) is 3.89. The molecule has 1 saturated heterocycles. The van der Waals surface area contributed by atoms with Crippen molar-refractivity contribution in [3.05, 3.63) is 34.4 Å². The van der Waals surface area contributed by atoms with Gasteiger partial charge in [0.15, 0.2) is 5.11 Å². The highest BCUT2D eigenvalue weighted by molar-refractivity contribution is 7.80. The number of phenolic OH excluding ortho intramolecular Hbond substituents is 1. The van der Waals surface area contributed by atoms with Crippen molar-refractivity contribution < 1.29 is 14.7 Å². The Kier molecular flexibility index (Phi) is 3.55. The number of amides is 2. The first-order chi connectivity index (χ1) is 8.90. The number of likely N-dealkylation sites (N-methyl/N-ethyl adjacent to an activating group) is 1. The van der Waals surface area contributed by atoms with Gasteiger partial charge in [-0.1, -0.05) is 17.7 Å². The van der Waals surface area contributed by atoms with Crippen molar-refractivity contribution in [2.24, 2.45) is 0 Å². The van der Waals surface area contributed by atoms with Crippen LogP contribution in [0.4, 0.5) is 0 Å². The van der Waals surface area contributed by atoms with Crippen molar-refractivity contribution >= 4 is 46.8 Å². The molecule has 0 radical (unpaired) electrons. The Balaban J connectivity index is 2.41. The van der Waals surface area contributed by atoms with Gasteiger partial charge in [-0.05, 0) is 36.0 Å². The predicted molar refractivity (Wildman–Crippen MR) is 74.6 cm³/mol. The van der Waals surface area contributed by atoms with E-state index in [1.807, 2.05) is 0 Å². The lowest BCUT2D eigenvalue weighted by molar-refractivity contribution is -0.128. The Hall–Kier alpha value is -1.92. The van der Waals surface area contributed by atoms with Gasteiger partial charge in [-0.2, -0.15) is 0 Å². The third kappa shape index (κ3) is 2.59. The molecule has 1 aliphatic rings. The average molecular weight is 297 g/mol. The Morgan fingerprint density at radius 3 is 2.74 bits per heavy atom. The summed E-state index contributed by atoms with van der Waals surface area (Å²) in [6, 6.07) is 4.38. The topological polar surface area (TPSA) is 69.6 Å². The van der Waals surface area contributed by atoms with E-state index in [1.54, 1.807) is 6.07 Å². The summed E-state index contributed by atoms with van der Waals surface area (Å²) in [5, 5.41) is 11.9. The second kappa shape index (κ2) is 4.99. The molecule has 1 fully saturated rings. The number of aromatic hydroxyl groups is 1. The van der Waals surface area contributed by atoms with Gasteiger partial charge in [-0.25, -0.2) is 0 Å². The summed E-state index contributed by atoms with van der Waals surface area (Å²) in [7, 11) is 1.47. The van der Waals surface area contributed by atoms with Gasteiger partial charge in [-0.15, -0.1) is 0 Å². The SMILES string of the molecule is CN1C(=O)/C(=C/c2ccc(O)c(Cl)c2)C(=O)NC1=S. The lowest BCUT2D eigenvalue weighted by Crippen LogP contribution is -2.52. The maximum atomic E-state index is 11.9. The van der Waals surface area contributed by atoms with E-state index >= 15 is 0 Å². The summed E-state index contributed by atoms with van der Waals surface area (Å²) < 4.78 is 0. The van der Waals surface area contributed by atoms with Crippen LogP contribution < -0.4 is 5.32 Å². The summed E-state index contributed by atoms with van der Waals surface area (Å²) in [5.41, 5.74) is 0.486. The van der Waals surface area contributed by atoms with Gasteiger partial charge in [0.25, 0.3) is 11.8 Å². The Bertz CT molecular complexity index is 627. The minimum atomic E-state index is -0.558. The van der Waals surface area contributed by atoms with E-state index in [0.717, 1.165) is 0 Å². The van der Waals surface area contributed by atoms with Crippen LogP contribution in [0.1, 0.15) is 5.56 Å². The number of nitrogens with zero attached hydrogens (tertiary/aromatic N) is 1. The molecule has 19 heavy (non-hydrogen) atoms. The number of carbonyl (C=O) groups is 2. The van der Waals surface area contributed by atoms with Crippen LogP contribution in [0, 0.1) is 0 Å². The number of thiocarbonyl (C=S) groups is 1. The quantitative estimate of drug-likeness (QED) is 0.466. The molecule has 0 spiro atoms. The lowest BCUT2D eigenvalue weighted by atomic mass is 10.1. The van der Waals surface area contributed by atoms with Crippen molar-refractivity contribution in [1.82, 2.24) is 10.2 Å². The summed E-state index contributed by atoms with van der Waals surface area (Å²) in [6.45, 7) is 0. The zero-order valence-electron chi connectivity index (χ0n) is 9.81. The first-order valence-corrected chi connectivity index (χ1v) is 6.02. The summed E-state index contributed by atoms with van der Waals surface area (Å²) in [5.74, 6) is -1.11. The number of rotatable bonds is 1. The van der Waals surface area contributed by atoms with Crippen molar-refractivity contribution in [3.8, 4) is 5.75 Å². The molecule has 5 nitrogen and oxygen atoms in total. The highest BCUT2D eigenvalue weighted by Gasteiger charge is 2.30. The molecule has 1 aliphatic heterocycles. The summed E-state index contributed by atoms with van der Waals surface area (Å²) in [4.78, 5) is 24.8. The van der Waals surface area contributed by atoms with Gasteiger partial charge in [-0.3, -0.25) is 19.8 Å². The zero-order chi connectivity index (χ0) is 14.2. The van der Waals surface area contributed by atoms with E-state index in [2.05, 4.69) is 5.32 Å². The number of halogens is 1. The maximum absolute atomic E-state index is 11.9. The van der Waals surface area contributed by atoms with Crippen molar-refractivity contribution in [3.63, 3.8) is 0 Å². The Morgan fingerprint density at radius 1 is 1.42 bits per heavy atom. The molecule has 0 bridgehead atoms. The number of nitrogens with one attached hydrogen (secondary N) is 1. The minimum absolute atomic E-state index is 0.0437. The van der Waals surface area contributed by atoms with E-state index < -0.39 is 11.8 Å². The van der Waals surface area contributed by atoms with Gasteiger partial charge in [0.1, 0.15) is 11.3 Å². The average Bonchev–Trinajstić information content (AvgIpc) is 2.36. The van der Waals surface area contributed by atoms with Gasteiger partial charge in [0.05, 0.1) is 5.02 Å². The fourth-order valence-electron chi connectivity index (χ4n) is 1.53. The lowest BCUT2D eigenvalue weighted by Gasteiger charge is -2.25. The molecule has 0 saturated carbocycles. The highest BCUT2D eigenvalue weighted by atomic mass is 35.5. The smallest absolute Gasteiger partial charge is 0.265 e. The molecule has 1 aromatic rings. The highest BCUT2D eigenvalue weighted by Crippen LogP contribution is 2.25. The van der Waals surface area contributed by atoms with Crippen LogP contribution in [0.5, 0.6) is 5.75 Å². The van der Waals surface area contributed by atoms with E-state index in [1.165, 1.54) is 30.2 Å². The zero-order valence-corrected chi connectivity index (χ0v) is 11.4. The van der Waals surface area contributed by atoms with Gasteiger partial charge >= 0.3 is 0 Å². The molecular weight excluding hydrogens is 288 g/mol. The largest absolute Gasteiger partial charge is 0.506 e. The third-order valence-electron chi connectivity index (χ3n) is 2.59. The Labute approximate surface area is 119 Å². The monoisotopic (exact) mass is 296 g/mol. The van der Waals surface area contributed by atoms with Gasteiger partial charge < -0.3 is 5.11 Å². The van der Waals surface area contributed by atoms with E-state index in [-0.39, 0.29) is 21.5 Å². The van der Waals surface area contributed by atoms with Crippen LogP contribution in [0.2, 0.25) is 5.02 Å². The van der Waals surface area contributed by atoms with Crippen molar-refractivity contribution in [1.29, 1.82) is 0 Å². The van der Waals surface area contributed by atoms with Gasteiger partial charge in [0.2, 0.25) is 0 Å². The standard InChI is InChI=1S/C12H9ClN2O3S/c1-15-11(18)7(10(17)14-12(15)19)4-6-2-3-9(16)8(13)5-6/h2-5,16H,1H3,(H,14,17,19)/b7-4+. The van der Waals surface area contributed by atoms with Crippen LogP contribution >= 0.6 is 23.8 Å². The molecule has 1 aromatic carbocycles. The first kappa shape index (κ1) is 13.5. The molecule has 0 unspecified atom stereocenters. The molecule has 7 heteroatoms. The number of benzene rings is 1. The molecule has 2 N–H and O–H groups in total. The molecular formula is C12H9ClN2O3S. The van der Waals surface area contributed by atoms with Crippen LogP contribution in [-0.2, 0) is 9.59 Å². The van der Waals surface area contributed by atoms with Crippen LogP contribution in [0.25, 0.3) is 6.08 Å². The van der Waals surface area contributed by atoms with Crippen molar-refractivity contribution in [2.75, 3.05) is 7.05 Å². The van der Waals surface area contributed by atoms with Crippen LogP contribution in [-0.4, -0.2) is 34.0 Å². The van der Waals surface area contributed by atoms with E-state index in [4.69, 9.17) is 23.8 Å². The van der Waals surface area contributed by atoms with Crippen LogP contribution in [0.3, 0.4) is 0 Å². The number of carbonyl (C=O) groups excluding carboxylic acids is 2. The summed E-state index contributed by atoms with van der Waals surface area (Å²) >= 11 is 10.6. The molecule has 2 rings (SSSR count). The normalized spacial score (nSPS) is 17.9. The second-order valence-corrected chi connectivity index (χ2v) is 4.69. The molecule has 0 aromatic heterocycles. The van der Waals surface area contributed by atoms with E-state index in [9.17, 15) is 14.7 Å². The molecule has 2 amide bonds. The number of phenols is 1. The fraction of sp³-hybridized carbons (Fsp3) is 0.0833. The molecule has 98 valence electrons. The van der Waals surface area contributed by atoms with E-state index in [0.29, 0.717) is 5.56 Å². The number of hydrogen-bond donors (Lipinski definition) is 2. The molecule has 1 heterocycles. The number of hydrogen-bond acceptors (Lipinski definition) is 4. The maximum Gasteiger partial charge on any atom is 0.265 e. The predicted octanol–water partition coefficient (Wildman–Crippen LogP) is 1.30.